The fourth-order valence-electron chi connectivity index (χ4n) is 5.26. The molecule has 15 nitrogen and oxygen atoms in total. The zero-order valence-corrected chi connectivity index (χ0v) is 34.2. The molecule has 0 aliphatic rings. The molecule has 0 aromatic heterocycles. The largest absolute Gasteiger partial charge is 0.451 e. The molecular weight excluding hydrogens is 849 g/mol. The quantitative estimate of drug-likeness (QED) is 0.0326. The molecule has 0 fully saturated rings. The number of guanidine groups is 2. The Kier molecular flexibility index (Phi) is 15.9. The van der Waals surface area contributed by atoms with Crippen LogP contribution in [-0.4, -0.2) is 65.3 Å². The monoisotopic (exact) mass is 888 g/mol. The maximum atomic E-state index is 14.8. The summed E-state index contributed by atoms with van der Waals surface area (Å²) in [5.74, 6) is -9.18. The van der Waals surface area contributed by atoms with Crippen LogP contribution in [0.2, 0.25) is 0 Å². The number of carbonyl (C=O) groups is 2. The van der Waals surface area contributed by atoms with Gasteiger partial charge in [0.05, 0.1) is 21.3 Å². The highest BCUT2D eigenvalue weighted by Gasteiger charge is 2.19. The number of rotatable bonds is 18. The minimum Gasteiger partial charge on any atom is -0.451 e. The normalized spacial score (nSPS) is 12.1. The van der Waals surface area contributed by atoms with Crippen LogP contribution in [0.4, 0.5) is 17.6 Å². The summed E-state index contributed by atoms with van der Waals surface area (Å²) in [4.78, 5) is 30.3. The molecule has 0 atom stereocenters. The molecule has 0 radical (unpaired) electrons. The third-order valence-corrected chi connectivity index (χ3v) is 11.8. The van der Waals surface area contributed by atoms with Crippen molar-refractivity contribution in [1.29, 1.82) is 0 Å². The lowest BCUT2D eigenvalue weighted by Gasteiger charge is -2.11. The molecule has 0 unspecified atom stereocenters. The highest BCUT2D eigenvalue weighted by molar-refractivity contribution is 7.91. The Morgan fingerprint density at radius 1 is 0.574 bits per heavy atom. The summed E-state index contributed by atoms with van der Waals surface area (Å²) in [5.41, 5.74) is 20.7. The van der Waals surface area contributed by atoms with Gasteiger partial charge >= 0.3 is 0 Å². The number of nitrogens with two attached hydrogens (primary N) is 4. The van der Waals surface area contributed by atoms with E-state index in [4.69, 9.17) is 37.1 Å². The van der Waals surface area contributed by atoms with Crippen LogP contribution in [0, 0.1) is 23.3 Å². The van der Waals surface area contributed by atoms with Crippen LogP contribution >= 0.6 is 0 Å². The number of nitrogens with zero attached hydrogens (tertiary/aromatic N) is 2. The van der Waals surface area contributed by atoms with E-state index in [-0.39, 0.29) is 81.1 Å². The van der Waals surface area contributed by atoms with E-state index in [9.17, 15) is 44.0 Å². The lowest BCUT2D eigenvalue weighted by molar-refractivity contribution is -0.115. The number of benzene rings is 4. The Morgan fingerprint density at radius 3 is 1.18 bits per heavy atom. The topological polar surface area (TPSA) is 259 Å². The molecule has 324 valence electrons. The van der Waals surface area contributed by atoms with Gasteiger partial charge in [0.2, 0.25) is 0 Å². The van der Waals surface area contributed by atoms with Crippen LogP contribution in [0.5, 0.6) is 23.0 Å². The van der Waals surface area contributed by atoms with Crippen LogP contribution in [0.15, 0.2) is 104 Å². The molecule has 0 aliphatic heterocycles. The Hall–Kier alpha value is -6.58. The average molecular weight is 889 g/mol. The van der Waals surface area contributed by atoms with Crippen molar-refractivity contribution in [2.24, 2.45) is 32.9 Å². The molecule has 0 saturated heterocycles. The standard InChI is InChI=1S/C40H40F4N6O9S2/c1-23(37(51)49-39(45)46)17-25-19-31(41)35(32(42)20-25)58-27-5-9-29(10-6-27)60(53,54)15-3-13-57-14-4-16-61(55,56)30-11-7-28(8-12-30)59-36-33(43)21-26(22-34(36)44)18-24(2)38(52)50-40(47)48/h5-12,17-22H,3-4,13-16H2,1-2H3,(H4,45,46,49,51)(H4,47,48,50,52)/b23-17+,24-18+. The van der Waals surface area contributed by atoms with Crippen molar-refractivity contribution in [1.82, 2.24) is 0 Å². The molecule has 0 heterocycles. The van der Waals surface area contributed by atoms with Gasteiger partial charge in [-0.05, 0) is 123 Å². The summed E-state index contributed by atoms with van der Waals surface area (Å²) in [6, 6.07) is 13.4. The zero-order chi connectivity index (χ0) is 45.1. The smallest absolute Gasteiger partial charge is 0.275 e. The highest BCUT2D eigenvalue weighted by atomic mass is 32.2. The number of halogens is 4. The van der Waals surface area contributed by atoms with Gasteiger partial charge in [-0.25, -0.2) is 34.4 Å². The van der Waals surface area contributed by atoms with Crippen molar-refractivity contribution in [3.05, 3.63) is 118 Å². The first-order valence-corrected chi connectivity index (χ1v) is 21.2. The van der Waals surface area contributed by atoms with Crippen molar-refractivity contribution in [2.75, 3.05) is 24.7 Å². The van der Waals surface area contributed by atoms with Crippen molar-refractivity contribution in [2.45, 2.75) is 36.5 Å². The zero-order valence-electron chi connectivity index (χ0n) is 32.5. The molecule has 8 N–H and O–H groups in total. The summed E-state index contributed by atoms with van der Waals surface area (Å²) in [6.07, 6.45) is 2.49. The van der Waals surface area contributed by atoms with Crippen molar-refractivity contribution in [3.63, 3.8) is 0 Å². The molecule has 4 aromatic rings. The Labute approximate surface area is 348 Å². The predicted octanol–water partition coefficient (Wildman–Crippen LogP) is 5.28. The van der Waals surface area contributed by atoms with Crippen LogP contribution in [0.1, 0.15) is 37.8 Å². The second-order valence-corrected chi connectivity index (χ2v) is 17.3. The van der Waals surface area contributed by atoms with Crippen LogP contribution in [0.3, 0.4) is 0 Å². The molecule has 21 heteroatoms. The summed E-state index contributed by atoms with van der Waals surface area (Å²) >= 11 is 0. The van der Waals surface area contributed by atoms with Crippen molar-refractivity contribution in [3.8, 4) is 23.0 Å². The van der Waals surface area contributed by atoms with Crippen LogP contribution in [0.25, 0.3) is 12.2 Å². The summed E-state index contributed by atoms with van der Waals surface area (Å²) in [6.45, 7) is 2.70. The van der Waals surface area contributed by atoms with Gasteiger partial charge in [-0.3, -0.25) is 9.59 Å². The van der Waals surface area contributed by atoms with E-state index in [2.05, 4.69) is 9.98 Å². The van der Waals surface area contributed by atoms with Crippen LogP contribution < -0.4 is 32.4 Å². The number of aliphatic imine (C=N–C) groups is 2. The van der Waals surface area contributed by atoms with E-state index >= 15 is 0 Å². The molecule has 4 aromatic carbocycles. The van der Waals surface area contributed by atoms with Gasteiger partial charge < -0.3 is 37.1 Å². The van der Waals surface area contributed by atoms with E-state index in [1.54, 1.807) is 0 Å². The SMILES string of the molecule is C/C(=C\c1cc(F)c(Oc2ccc(S(=O)(=O)CCCOCCCS(=O)(=O)c3ccc(Oc4c(F)cc(/C=C(\C)C(=O)N=C(N)N)cc4F)cc3)cc2)c(F)c1)C(=O)N=C(N)N. The predicted molar refractivity (Wildman–Crippen MR) is 219 cm³/mol. The molecule has 0 spiro atoms. The molecule has 2 amide bonds. The second-order valence-electron chi connectivity index (χ2n) is 13.1. The highest BCUT2D eigenvalue weighted by Crippen LogP contribution is 2.32. The number of carbonyl (C=O) groups excluding carboxylic acids is 2. The lowest BCUT2D eigenvalue weighted by atomic mass is 10.1. The van der Waals surface area contributed by atoms with E-state index in [1.807, 2.05) is 0 Å². The second kappa shape index (κ2) is 20.6. The number of hydrogen-bond donors (Lipinski definition) is 4. The van der Waals surface area contributed by atoms with Gasteiger partial charge in [0.1, 0.15) is 11.5 Å². The Bertz CT molecular complexity index is 2400. The Balaban J connectivity index is 1.22. The van der Waals surface area contributed by atoms with Crippen molar-refractivity contribution >= 4 is 55.6 Å². The van der Waals surface area contributed by atoms with E-state index < -0.39 is 78.2 Å². The number of ether oxygens (including phenoxy) is 3. The molecule has 0 saturated carbocycles. The number of amides is 2. The number of hydrogen-bond acceptors (Lipinski definition) is 9. The third-order valence-electron chi connectivity index (χ3n) is 8.15. The molecule has 0 bridgehead atoms. The summed E-state index contributed by atoms with van der Waals surface area (Å²) < 4.78 is 127. The van der Waals surface area contributed by atoms with Crippen molar-refractivity contribution < 1.29 is 58.2 Å². The molecule has 4 rings (SSSR count). The maximum Gasteiger partial charge on any atom is 0.275 e. The first-order chi connectivity index (χ1) is 28.6. The lowest BCUT2D eigenvalue weighted by Crippen LogP contribution is -2.24. The molecule has 0 aliphatic carbocycles. The minimum atomic E-state index is -3.81. The van der Waals surface area contributed by atoms with Gasteiger partial charge in [-0.15, -0.1) is 0 Å². The fraction of sp³-hybridized carbons (Fsp3) is 0.200. The maximum absolute atomic E-state index is 14.8. The first-order valence-electron chi connectivity index (χ1n) is 17.9. The number of sulfone groups is 2. The molecule has 61 heavy (non-hydrogen) atoms. The van der Waals surface area contributed by atoms with E-state index in [0.29, 0.717) is 0 Å². The summed E-state index contributed by atoms with van der Waals surface area (Å²) in [7, 11) is -7.61. The van der Waals surface area contributed by atoms with Gasteiger partial charge in [-0.1, -0.05) is 0 Å². The summed E-state index contributed by atoms with van der Waals surface area (Å²) in [5, 5.41) is 0. The van der Waals surface area contributed by atoms with Gasteiger partial charge in [0, 0.05) is 24.4 Å². The van der Waals surface area contributed by atoms with E-state index in [1.165, 1.54) is 74.5 Å². The Morgan fingerprint density at radius 2 is 0.885 bits per heavy atom. The third kappa shape index (κ3) is 13.7. The average Bonchev–Trinajstić information content (AvgIpc) is 3.17. The van der Waals surface area contributed by atoms with Gasteiger partial charge in [-0.2, -0.15) is 9.98 Å². The fourth-order valence-corrected chi connectivity index (χ4v) is 7.83. The molecular formula is C40H40F4N6O9S2. The first kappa shape index (κ1) is 47.1. The van der Waals surface area contributed by atoms with Crippen LogP contribution in [-0.2, 0) is 34.0 Å². The van der Waals surface area contributed by atoms with Gasteiger partial charge in [0.25, 0.3) is 11.8 Å². The van der Waals surface area contributed by atoms with Gasteiger partial charge in [0.15, 0.2) is 66.4 Å². The minimum absolute atomic E-state index is 0.00169. The van der Waals surface area contributed by atoms with E-state index in [0.717, 1.165) is 24.3 Å².